The first-order valence-corrected chi connectivity index (χ1v) is 7.10. The van der Waals surface area contributed by atoms with Crippen molar-refractivity contribution in [2.45, 2.75) is 39.2 Å². The summed E-state index contributed by atoms with van der Waals surface area (Å²) < 4.78 is 5.51. The van der Waals surface area contributed by atoms with E-state index in [0.717, 1.165) is 19.3 Å². The van der Waals surface area contributed by atoms with Crippen LogP contribution in [0.3, 0.4) is 0 Å². The van der Waals surface area contributed by atoms with Crippen LogP contribution in [-0.2, 0) is 4.79 Å². The number of carbonyl (C=O) groups excluding carboxylic acids is 1. The van der Waals surface area contributed by atoms with Gasteiger partial charge in [-0.25, -0.2) is 0 Å². The van der Waals surface area contributed by atoms with Gasteiger partial charge in [-0.15, -0.1) is 0 Å². The van der Waals surface area contributed by atoms with Crippen molar-refractivity contribution in [2.75, 3.05) is 6.54 Å². The number of nitrogens with one attached hydrogen (secondary N) is 1. The molecule has 0 aliphatic carbocycles. The number of amides is 1. The van der Waals surface area contributed by atoms with Crippen LogP contribution in [0.1, 0.15) is 38.7 Å². The molecule has 0 heterocycles. The Hall–Kier alpha value is -1.73. The Morgan fingerprint density at radius 3 is 2.85 bits per heavy atom. The number of hydrogen-bond donors (Lipinski definition) is 1. The zero-order valence-electron chi connectivity index (χ0n) is 11.8. The number of nitriles is 1. The molecule has 4 nitrogen and oxygen atoms in total. The molecule has 0 saturated heterocycles. The first-order valence-electron chi connectivity index (χ1n) is 6.72. The highest BCUT2D eigenvalue weighted by molar-refractivity contribution is 6.31. The lowest BCUT2D eigenvalue weighted by Gasteiger charge is -2.15. The van der Waals surface area contributed by atoms with Gasteiger partial charge in [0.1, 0.15) is 11.8 Å². The molecule has 0 bridgehead atoms. The van der Waals surface area contributed by atoms with E-state index in [9.17, 15) is 4.79 Å². The van der Waals surface area contributed by atoms with Crippen molar-refractivity contribution >= 4 is 17.5 Å². The largest absolute Gasteiger partial charge is 0.481 e. The molecule has 1 N–H and O–H groups in total. The normalized spacial score (nSPS) is 11.5. The summed E-state index contributed by atoms with van der Waals surface area (Å²) >= 11 is 5.91. The fourth-order valence-corrected chi connectivity index (χ4v) is 1.86. The van der Waals surface area contributed by atoms with E-state index in [1.807, 2.05) is 6.07 Å². The smallest absolute Gasteiger partial charge is 0.260 e. The maximum atomic E-state index is 11.8. The van der Waals surface area contributed by atoms with Crippen LogP contribution in [0.2, 0.25) is 5.02 Å². The number of hydrogen-bond acceptors (Lipinski definition) is 3. The molecule has 0 radical (unpaired) electrons. The SMILES string of the molecule is CCCCCNC(=O)C(C)Oc1ccc(C#N)c(Cl)c1. The van der Waals surface area contributed by atoms with E-state index in [4.69, 9.17) is 21.6 Å². The second kappa shape index (κ2) is 8.44. The second-order valence-electron chi connectivity index (χ2n) is 4.51. The van der Waals surface area contributed by atoms with Gasteiger partial charge < -0.3 is 10.1 Å². The minimum absolute atomic E-state index is 0.151. The molecule has 1 amide bonds. The summed E-state index contributed by atoms with van der Waals surface area (Å²) in [5.74, 6) is 0.326. The van der Waals surface area contributed by atoms with Crippen molar-refractivity contribution in [3.8, 4) is 11.8 Å². The Balaban J connectivity index is 2.49. The third-order valence-corrected chi connectivity index (χ3v) is 3.14. The number of ether oxygens (including phenoxy) is 1. The van der Waals surface area contributed by atoms with E-state index in [-0.39, 0.29) is 5.91 Å². The summed E-state index contributed by atoms with van der Waals surface area (Å²) in [4.78, 5) is 11.8. The highest BCUT2D eigenvalue weighted by atomic mass is 35.5. The van der Waals surface area contributed by atoms with Crippen molar-refractivity contribution in [1.82, 2.24) is 5.32 Å². The van der Waals surface area contributed by atoms with Crippen LogP contribution in [0.4, 0.5) is 0 Å². The summed E-state index contributed by atoms with van der Waals surface area (Å²) in [6.45, 7) is 4.46. The van der Waals surface area contributed by atoms with Crippen molar-refractivity contribution < 1.29 is 9.53 Å². The molecular weight excluding hydrogens is 276 g/mol. The van der Waals surface area contributed by atoms with Gasteiger partial charge in [-0.1, -0.05) is 31.4 Å². The monoisotopic (exact) mass is 294 g/mol. The molecule has 0 aliphatic rings. The molecule has 0 spiro atoms. The molecule has 1 aromatic carbocycles. The molecule has 0 aromatic heterocycles. The van der Waals surface area contributed by atoms with Crippen molar-refractivity contribution in [1.29, 1.82) is 5.26 Å². The Labute approximate surface area is 124 Å². The lowest BCUT2D eigenvalue weighted by atomic mass is 10.2. The maximum absolute atomic E-state index is 11.8. The Morgan fingerprint density at radius 1 is 1.50 bits per heavy atom. The number of nitrogens with zero attached hydrogens (tertiary/aromatic N) is 1. The third kappa shape index (κ3) is 5.10. The van der Waals surface area contributed by atoms with E-state index >= 15 is 0 Å². The molecule has 0 saturated carbocycles. The molecule has 1 unspecified atom stereocenters. The van der Waals surface area contributed by atoms with E-state index in [1.54, 1.807) is 25.1 Å². The Morgan fingerprint density at radius 2 is 2.25 bits per heavy atom. The average molecular weight is 295 g/mol. The van der Waals surface area contributed by atoms with Gasteiger partial charge in [0.05, 0.1) is 10.6 Å². The van der Waals surface area contributed by atoms with Crippen LogP contribution in [-0.4, -0.2) is 18.6 Å². The van der Waals surface area contributed by atoms with Crippen LogP contribution >= 0.6 is 11.6 Å². The zero-order valence-corrected chi connectivity index (χ0v) is 12.5. The van der Waals surface area contributed by atoms with Crippen LogP contribution < -0.4 is 10.1 Å². The summed E-state index contributed by atoms with van der Waals surface area (Å²) in [6.07, 6.45) is 2.59. The maximum Gasteiger partial charge on any atom is 0.260 e. The third-order valence-electron chi connectivity index (χ3n) is 2.82. The molecular formula is C15H19ClN2O2. The molecule has 1 atom stereocenters. The fourth-order valence-electron chi connectivity index (χ4n) is 1.65. The molecule has 1 aromatic rings. The van der Waals surface area contributed by atoms with Gasteiger partial charge in [-0.3, -0.25) is 4.79 Å². The predicted octanol–water partition coefficient (Wildman–Crippen LogP) is 3.29. The van der Waals surface area contributed by atoms with Gasteiger partial charge in [-0.05, 0) is 25.5 Å². The van der Waals surface area contributed by atoms with Crippen molar-refractivity contribution in [3.05, 3.63) is 28.8 Å². The zero-order chi connectivity index (χ0) is 15.0. The van der Waals surface area contributed by atoms with Gasteiger partial charge in [0, 0.05) is 12.6 Å². The van der Waals surface area contributed by atoms with E-state index in [0.29, 0.717) is 22.9 Å². The van der Waals surface area contributed by atoms with E-state index in [2.05, 4.69) is 12.2 Å². The summed E-state index contributed by atoms with van der Waals surface area (Å²) in [5.41, 5.74) is 0.385. The minimum atomic E-state index is -0.597. The first kappa shape index (κ1) is 16.3. The molecule has 0 fully saturated rings. The van der Waals surface area contributed by atoms with E-state index in [1.165, 1.54) is 0 Å². The number of unbranched alkanes of at least 4 members (excludes halogenated alkanes) is 2. The molecule has 1 rings (SSSR count). The number of halogens is 1. The standard InChI is InChI=1S/C15H19ClN2O2/c1-3-4-5-8-18-15(19)11(2)20-13-7-6-12(10-17)14(16)9-13/h6-7,9,11H,3-5,8H2,1-2H3,(H,18,19). The van der Waals surface area contributed by atoms with Gasteiger partial charge in [0.15, 0.2) is 6.10 Å². The quantitative estimate of drug-likeness (QED) is 0.785. The summed E-state index contributed by atoms with van der Waals surface area (Å²) in [7, 11) is 0. The number of rotatable bonds is 7. The topological polar surface area (TPSA) is 62.1 Å². The summed E-state index contributed by atoms with van der Waals surface area (Å²) in [6, 6.07) is 6.72. The average Bonchev–Trinajstić information content (AvgIpc) is 2.43. The molecule has 0 aliphatic heterocycles. The van der Waals surface area contributed by atoms with Gasteiger partial charge in [0.25, 0.3) is 5.91 Å². The van der Waals surface area contributed by atoms with Crippen LogP contribution in [0, 0.1) is 11.3 Å². The van der Waals surface area contributed by atoms with Crippen LogP contribution in [0.15, 0.2) is 18.2 Å². The Kier molecular flexibility index (Phi) is 6.89. The molecule has 20 heavy (non-hydrogen) atoms. The van der Waals surface area contributed by atoms with Gasteiger partial charge in [-0.2, -0.15) is 5.26 Å². The number of carbonyl (C=O) groups is 1. The summed E-state index contributed by atoms with van der Waals surface area (Å²) in [5, 5.41) is 11.9. The number of benzene rings is 1. The highest BCUT2D eigenvalue weighted by Gasteiger charge is 2.14. The van der Waals surface area contributed by atoms with Crippen molar-refractivity contribution in [3.63, 3.8) is 0 Å². The highest BCUT2D eigenvalue weighted by Crippen LogP contribution is 2.22. The fraction of sp³-hybridized carbons (Fsp3) is 0.467. The van der Waals surface area contributed by atoms with Crippen molar-refractivity contribution in [2.24, 2.45) is 0 Å². The minimum Gasteiger partial charge on any atom is -0.481 e. The lowest BCUT2D eigenvalue weighted by Crippen LogP contribution is -2.36. The van der Waals surface area contributed by atoms with Gasteiger partial charge >= 0.3 is 0 Å². The van der Waals surface area contributed by atoms with E-state index < -0.39 is 6.10 Å². The molecule has 108 valence electrons. The Bertz CT molecular complexity index is 497. The van der Waals surface area contributed by atoms with Gasteiger partial charge in [0.2, 0.25) is 0 Å². The first-order chi connectivity index (χ1) is 9.58. The second-order valence-corrected chi connectivity index (χ2v) is 4.92. The predicted molar refractivity (Wildman–Crippen MR) is 78.8 cm³/mol. The molecule has 5 heteroatoms. The van der Waals surface area contributed by atoms with Crippen LogP contribution in [0.25, 0.3) is 0 Å². The van der Waals surface area contributed by atoms with Crippen LogP contribution in [0.5, 0.6) is 5.75 Å². The lowest BCUT2D eigenvalue weighted by molar-refractivity contribution is -0.127.